The van der Waals surface area contributed by atoms with Crippen LogP contribution in [-0.4, -0.2) is 15.9 Å². The lowest BCUT2D eigenvalue weighted by molar-refractivity contribution is 0.269. The highest BCUT2D eigenvalue weighted by Crippen LogP contribution is 2.47. The number of hydrogen-bond acceptors (Lipinski definition) is 1. The first kappa shape index (κ1) is 9.63. The average molecular weight is 296 g/mol. The summed E-state index contributed by atoms with van der Waals surface area (Å²) in [5.74, 6) is 3.98. The Morgan fingerprint density at radius 2 is 1.92 bits per heavy atom. The highest BCUT2D eigenvalue weighted by Gasteiger charge is 2.36. The third-order valence-corrected chi connectivity index (χ3v) is 5.86. The zero-order valence-electron chi connectivity index (χ0n) is 7.52. The quantitative estimate of drug-likeness (QED) is 0.565. The van der Waals surface area contributed by atoms with E-state index in [0.717, 1.165) is 11.3 Å². The van der Waals surface area contributed by atoms with Crippen molar-refractivity contribution in [2.45, 2.75) is 32.1 Å². The maximum Gasteiger partial charge on any atom is 0.00526 e. The Bertz CT molecular complexity index is 148. The Morgan fingerprint density at radius 3 is 2.42 bits per heavy atom. The van der Waals surface area contributed by atoms with Gasteiger partial charge in [0, 0.05) is 4.43 Å². The zero-order valence-corrected chi connectivity index (χ0v) is 10.5. The molecule has 1 aliphatic carbocycles. The number of hydrogen-bond donors (Lipinski definition) is 0. The first-order valence-corrected chi connectivity index (χ1v) is 7.66. The van der Waals surface area contributed by atoms with Crippen molar-refractivity contribution in [3.05, 3.63) is 0 Å². The molecule has 2 aliphatic rings. The third kappa shape index (κ3) is 2.31. The summed E-state index contributed by atoms with van der Waals surface area (Å²) >= 11 is 4.77. The van der Waals surface area contributed by atoms with Crippen molar-refractivity contribution in [3.63, 3.8) is 0 Å². The fraction of sp³-hybridized carbons (Fsp3) is 1.00. The van der Waals surface area contributed by atoms with Gasteiger partial charge in [-0.15, -0.1) is 0 Å². The molecule has 0 bridgehead atoms. The predicted molar refractivity (Wildman–Crippen MR) is 65.2 cm³/mol. The summed E-state index contributed by atoms with van der Waals surface area (Å²) in [5.41, 5.74) is 0.771. The van der Waals surface area contributed by atoms with Crippen molar-refractivity contribution in [2.24, 2.45) is 11.3 Å². The van der Waals surface area contributed by atoms with Crippen molar-refractivity contribution < 1.29 is 0 Å². The van der Waals surface area contributed by atoms with E-state index >= 15 is 0 Å². The second-order valence-corrected chi connectivity index (χ2v) is 6.38. The molecule has 1 aliphatic heterocycles. The fourth-order valence-corrected chi connectivity index (χ4v) is 4.56. The van der Waals surface area contributed by atoms with Gasteiger partial charge in [-0.3, -0.25) is 0 Å². The van der Waals surface area contributed by atoms with Crippen LogP contribution >= 0.6 is 34.4 Å². The molecule has 0 spiro atoms. The van der Waals surface area contributed by atoms with Crippen LogP contribution in [-0.2, 0) is 0 Å². The summed E-state index contributed by atoms with van der Waals surface area (Å²) in [7, 11) is 0. The summed E-state index contributed by atoms with van der Waals surface area (Å²) < 4.78 is 1.40. The molecule has 1 saturated carbocycles. The summed E-state index contributed by atoms with van der Waals surface area (Å²) in [6, 6.07) is 0. The summed E-state index contributed by atoms with van der Waals surface area (Å²) in [6.07, 6.45) is 7.61. The number of alkyl halides is 1. The van der Waals surface area contributed by atoms with Crippen molar-refractivity contribution in [1.82, 2.24) is 0 Å². The van der Waals surface area contributed by atoms with E-state index in [1.165, 1.54) is 41.6 Å². The number of thioether (sulfide) groups is 1. The second-order valence-electron chi connectivity index (χ2n) is 4.39. The Morgan fingerprint density at radius 1 is 1.25 bits per heavy atom. The Hall–Kier alpha value is 1.08. The van der Waals surface area contributed by atoms with Crippen molar-refractivity contribution in [2.75, 3.05) is 15.9 Å². The Labute approximate surface area is 93.4 Å². The van der Waals surface area contributed by atoms with Gasteiger partial charge >= 0.3 is 0 Å². The van der Waals surface area contributed by atoms with Gasteiger partial charge in [-0.05, 0) is 42.1 Å². The van der Waals surface area contributed by atoms with Crippen molar-refractivity contribution in [1.29, 1.82) is 0 Å². The lowest BCUT2D eigenvalue weighted by atomic mass is 9.79. The molecule has 0 unspecified atom stereocenters. The smallest absolute Gasteiger partial charge is 0.00526 e. The van der Waals surface area contributed by atoms with Gasteiger partial charge in [0.2, 0.25) is 0 Å². The van der Waals surface area contributed by atoms with Gasteiger partial charge in [-0.25, -0.2) is 0 Å². The van der Waals surface area contributed by atoms with E-state index < -0.39 is 0 Å². The zero-order chi connectivity index (χ0) is 8.44. The maximum atomic E-state index is 2.61. The van der Waals surface area contributed by atoms with E-state index in [4.69, 9.17) is 0 Å². The van der Waals surface area contributed by atoms with E-state index in [0.29, 0.717) is 0 Å². The molecule has 1 saturated heterocycles. The van der Waals surface area contributed by atoms with Crippen LogP contribution in [0.25, 0.3) is 0 Å². The molecule has 2 heteroatoms. The Balaban J connectivity index is 1.90. The molecule has 0 atom stereocenters. The molecule has 0 aromatic heterocycles. The largest absolute Gasteiger partial charge is 0.162 e. The minimum Gasteiger partial charge on any atom is -0.162 e. The topological polar surface area (TPSA) is 0 Å². The molecule has 12 heavy (non-hydrogen) atoms. The number of halogens is 1. The Kier molecular flexibility index (Phi) is 3.27. The average Bonchev–Trinajstić information content (AvgIpc) is 2.90. The molecule has 70 valence electrons. The van der Waals surface area contributed by atoms with Gasteiger partial charge < -0.3 is 0 Å². The lowest BCUT2D eigenvalue weighted by Crippen LogP contribution is -2.28. The number of rotatable bonds is 3. The van der Waals surface area contributed by atoms with Crippen molar-refractivity contribution in [3.8, 4) is 0 Å². The van der Waals surface area contributed by atoms with Crippen molar-refractivity contribution >= 4 is 34.4 Å². The van der Waals surface area contributed by atoms with Gasteiger partial charge in [-0.1, -0.05) is 35.4 Å². The van der Waals surface area contributed by atoms with Crippen LogP contribution in [0.5, 0.6) is 0 Å². The van der Waals surface area contributed by atoms with E-state index in [-0.39, 0.29) is 0 Å². The standard InChI is InChI=1S/C10H17IS/c11-8-10(7-9-1-2-9)3-5-12-6-4-10/h9H,1-8H2. The first-order valence-electron chi connectivity index (χ1n) is 4.98. The van der Waals surface area contributed by atoms with Crippen LogP contribution in [0, 0.1) is 11.3 Å². The molecular weight excluding hydrogens is 279 g/mol. The summed E-state index contributed by atoms with van der Waals surface area (Å²) in [5, 5.41) is 0. The monoisotopic (exact) mass is 296 g/mol. The molecule has 0 aromatic carbocycles. The van der Waals surface area contributed by atoms with Gasteiger partial charge in [-0.2, -0.15) is 11.8 Å². The normalized spacial score (nSPS) is 28.8. The minimum atomic E-state index is 0.771. The van der Waals surface area contributed by atoms with E-state index in [2.05, 4.69) is 34.4 Å². The van der Waals surface area contributed by atoms with Gasteiger partial charge in [0.1, 0.15) is 0 Å². The molecule has 0 aromatic rings. The van der Waals surface area contributed by atoms with E-state index in [1.807, 2.05) is 0 Å². The lowest BCUT2D eigenvalue weighted by Gasteiger charge is -2.35. The third-order valence-electron chi connectivity index (χ3n) is 3.26. The summed E-state index contributed by atoms with van der Waals surface area (Å²) in [4.78, 5) is 0. The molecule has 2 rings (SSSR count). The molecule has 0 nitrogen and oxygen atoms in total. The van der Waals surface area contributed by atoms with Gasteiger partial charge in [0.15, 0.2) is 0 Å². The van der Waals surface area contributed by atoms with Crippen LogP contribution in [0.4, 0.5) is 0 Å². The van der Waals surface area contributed by atoms with Gasteiger partial charge in [0.05, 0.1) is 0 Å². The highest BCUT2D eigenvalue weighted by atomic mass is 127. The van der Waals surface area contributed by atoms with E-state index in [9.17, 15) is 0 Å². The van der Waals surface area contributed by atoms with Crippen LogP contribution in [0.15, 0.2) is 0 Å². The SMILES string of the molecule is ICC1(CC2CC2)CCSCC1. The second kappa shape index (κ2) is 4.07. The van der Waals surface area contributed by atoms with Crippen LogP contribution in [0.2, 0.25) is 0 Å². The molecule has 0 amide bonds. The molecule has 2 fully saturated rings. The van der Waals surface area contributed by atoms with Crippen LogP contribution in [0.3, 0.4) is 0 Å². The molecular formula is C10H17IS. The fourth-order valence-electron chi connectivity index (χ4n) is 2.13. The van der Waals surface area contributed by atoms with Crippen LogP contribution in [0.1, 0.15) is 32.1 Å². The predicted octanol–water partition coefficient (Wildman–Crippen LogP) is 3.73. The molecule has 0 N–H and O–H groups in total. The molecule has 0 radical (unpaired) electrons. The van der Waals surface area contributed by atoms with Crippen LogP contribution < -0.4 is 0 Å². The van der Waals surface area contributed by atoms with E-state index in [1.54, 1.807) is 6.42 Å². The maximum absolute atomic E-state index is 2.61. The first-order chi connectivity index (χ1) is 5.85. The highest BCUT2D eigenvalue weighted by molar-refractivity contribution is 14.1. The molecule has 1 heterocycles. The van der Waals surface area contributed by atoms with Gasteiger partial charge in [0.25, 0.3) is 0 Å². The summed E-state index contributed by atoms with van der Waals surface area (Å²) in [6.45, 7) is 0. The minimum absolute atomic E-state index is 0.771.